The van der Waals surface area contributed by atoms with E-state index in [9.17, 15) is 0 Å². The third-order valence-corrected chi connectivity index (χ3v) is 4.12. The topological polar surface area (TPSA) is 29.9 Å². The van der Waals surface area contributed by atoms with Gasteiger partial charge in [0.05, 0.1) is 5.69 Å². The average Bonchev–Trinajstić information content (AvgIpc) is 2.57. The fourth-order valence-electron chi connectivity index (χ4n) is 3.18. The number of hydrogen-bond acceptors (Lipinski definition) is 2. The van der Waals surface area contributed by atoms with Crippen molar-refractivity contribution in [2.24, 2.45) is 13.0 Å². The molecule has 3 nitrogen and oxygen atoms in total. The van der Waals surface area contributed by atoms with Gasteiger partial charge in [0.1, 0.15) is 0 Å². The minimum Gasteiger partial charge on any atom is -0.314 e. The summed E-state index contributed by atoms with van der Waals surface area (Å²) < 4.78 is 1.95. The van der Waals surface area contributed by atoms with Crippen molar-refractivity contribution in [2.45, 2.75) is 52.0 Å². The van der Waals surface area contributed by atoms with Gasteiger partial charge in [-0.1, -0.05) is 20.3 Å². The van der Waals surface area contributed by atoms with Gasteiger partial charge in [0.2, 0.25) is 0 Å². The van der Waals surface area contributed by atoms with E-state index < -0.39 is 0 Å². The van der Waals surface area contributed by atoms with Crippen LogP contribution in [0.25, 0.3) is 0 Å². The summed E-state index contributed by atoms with van der Waals surface area (Å²) in [5, 5.41) is 8.13. The van der Waals surface area contributed by atoms with Gasteiger partial charge >= 0.3 is 0 Å². The average molecular weight is 235 g/mol. The summed E-state index contributed by atoms with van der Waals surface area (Å²) in [4.78, 5) is 0. The first-order chi connectivity index (χ1) is 8.17. The Morgan fingerprint density at radius 2 is 2.24 bits per heavy atom. The second kappa shape index (κ2) is 5.21. The molecule has 0 amide bonds. The van der Waals surface area contributed by atoms with Crippen LogP contribution in [0, 0.1) is 12.8 Å². The van der Waals surface area contributed by atoms with Gasteiger partial charge in [0.15, 0.2) is 0 Å². The molecule has 96 valence electrons. The lowest BCUT2D eigenvalue weighted by Crippen LogP contribution is -2.49. The van der Waals surface area contributed by atoms with Crippen LogP contribution in [0.5, 0.6) is 0 Å². The molecule has 0 spiro atoms. The third-order valence-electron chi connectivity index (χ3n) is 4.12. The Morgan fingerprint density at radius 1 is 1.47 bits per heavy atom. The van der Waals surface area contributed by atoms with Crippen molar-refractivity contribution in [1.29, 1.82) is 0 Å². The van der Waals surface area contributed by atoms with Crippen molar-refractivity contribution in [1.82, 2.24) is 15.1 Å². The van der Waals surface area contributed by atoms with Crippen LogP contribution >= 0.6 is 0 Å². The summed E-state index contributed by atoms with van der Waals surface area (Å²) in [6, 6.07) is 0.726. The second-order valence-electron chi connectivity index (χ2n) is 5.32. The Kier molecular flexibility index (Phi) is 3.87. The number of nitrogens with one attached hydrogen (secondary N) is 1. The van der Waals surface area contributed by atoms with Crippen LogP contribution in [0.15, 0.2) is 6.20 Å². The molecule has 1 aliphatic carbocycles. The molecule has 3 unspecified atom stereocenters. The number of rotatable bonds is 5. The maximum atomic E-state index is 4.47. The second-order valence-corrected chi connectivity index (χ2v) is 5.32. The minimum atomic E-state index is 0.725. The molecule has 1 aromatic heterocycles. The quantitative estimate of drug-likeness (QED) is 0.850. The van der Waals surface area contributed by atoms with Gasteiger partial charge in [-0.25, -0.2) is 0 Å². The first kappa shape index (κ1) is 12.6. The summed E-state index contributed by atoms with van der Waals surface area (Å²) in [7, 11) is 2.02. The zero-order valence-electron chi connectivity index (χ0n) is 11.5. The maximum Gasteiger partial charge on any atom is 0.0628 e. The molecule has 1 aromatic rings. The van der Waals surface area contributed by atoms with Gasteiger partial charge in [-0.3, -0.25) is 4.68 Å². The summed E-state index contributed by atoms with van der Waals surface area (Å²) >= 11 is 0. The van der Waals surface area contributed by atoms with Crippen molar-refractivity contribution >= 4 is 0 Å². The predicted molar refractivity (Wildman–Crippen MR) is 71.2 cm³/mol. The molecular formula is C14H25N3. The van der Waals surface area contributed by atoms with Crippen LogP contribution in [0.1, 0.15) is 50.3 Å². The first-order valence-corrected chi connectivity index (χ1v) is 6.90. The van der Waals surface area contributed by atoms with E-state index in [0.29, 0.717) is 0 Å². The van der Waals surface area contributed by atoms with Crippen molar-refractivity contribution in [3.8, 4) is 0 Å². The van der Waals surface area contributed by atoms with E-state index in [4.69, 9.17) is 0 Å². The molecule has 0 bridgehead atoms. The van der Waals surface area contributed by atoms with E-state index in [1.165, 1.54) is 30.5 Å². The SMILES string of the molecule is CCCNC1CC(c2cn(C)nc2C)C1CC. The van der Waals surface area contributed by atoms with Crippen molar-refractivity contribution in [3.63, 3.8) is 0 Å². The molecule has 0 radical (unpaired) electrons. The van der Waals surface area contributed by atoms with Gasteiger partial charge < -0.3 is 5.32 Å². The maximum absolute atomic E-state index is 4.47. The fraction of sp³-hybridized carbons (Fsp3) is 0.786. The number of nitrogens with zero attached hydrogens (tertiary/aromatic N) is 2. The standard InChI is InChI=1S/C14H25N3/c1-5-7-15-14-8-12(11(14)6-2)13-9-17(4)16-10(13)3/h9,11-12,14-15H,5-8H2,1-4H3. The molecule has 1 heterocycles. The lowest BCUT2D eigenvalue weighted by atomic mass is 9.65. The number of hydrogen-bond donors (Lipinski definition) is 1. The van der Waals surface area contributed by atoms with Crippen LogP contribution in [-0.2, 0) is 7.05 Å². The lowest BCUT2D eigenvalue weighted by molar-refractivity contribution is 0.160. The van der Waals surface area contributed by atoms with Crippen LogP contribution < -0.4 is 5.32 Å². The first-order valence-electron chi connectivity index (χ1n) is 6.90. The van der Waals surface area contributed by atoms with E-state index in [1.807, 2.05) is 11.7 Å². The largest absolute Gasteiger partial charge is 0.314 e. The Morgan fingerprint density at radius 3 is 2.76 bits per heavy atom. The summed E-state index contributed by atoms with van der Waals surface area (Å²) in [6.07, 6.45) is 5.98. The number of aromatic nitrogens is 2. The van der Waals surface area contributed by atoms with E-state index >= 15 is 0 Å². The van der Waals surface area contributed by atoms with Crippen molar-refractivity contribution in [3.05, 3.63) is 17.5 Å². The molecule has 17 heavy (non-hydrogen) atoms. The molecule has 3 heteroatoms. The van der Waals surface area contributed by atoms with Crippen LogP contribution in [0.2, 0.25) is 0 Å². The monoisotopic (exact) mass is 235 g/mol. The van der Waals surface area contributed by atoms with Crippen LogP contribution in [0.3, 0.4) is 0 Å². The highest BCUT2D eigenvalue weighted by Crippen LogP contribution is 2.45. The molecule has 0 aliphatic heterocycles. The molecule has 1 aliphatic rings. The molecule has 2 rings (SSSR count). The lowest BCUT2D eigenvalue weighted by Gasteiger charge is -2.45. The molecule has 0 aromatic carbocycles. The van der Waals surface area contributed by atoms with Gasteiger partial charge in [-0.05, 0) is 43.7 Å². The molecule has 0 saturated heterocycles. The van der Waals surface area contributed by atoms with E-state index in [0.717, 1.165) is 24.4 Å². The van der Waals surface area contributed by atoms with E-state index in [-0.39, 0.29) is 0 Å². The van der Waals surface area contributed by atoms with Crippen molar-refractivity contribution in [2.75, 3.05) is 6.54 Å². The molecule has 1 saturated carbocycles. The van der Waals surface area contributed by atoms with Gasteiger partial charge in [-0.2, -0.15) is 5.10 Å². The minimum absolute atomic E-state index is 0.725. The number of aryl methyl sites for hydroxylation is 2. The highest BCUT2D eigenvalue weighted by atomic mass is 15.2. The summed E-state index contributed by atoms with van der Waals surface area (Å²) in [5.74, 6) is 1.52. The van der Waals surface area contributed by atoms with Gasteiger partial charge in [-0.15, -0.1) is 0 Å². The molecule has 1 fully saturated rings. The summed E-state index contributed by atoms with van der Waals surface area (Å²) in [5.41, 5.74) is 2.68. The highest BCUT2D eigenvalue weighted by molar-refractivity contribution is 5.26. The zero-order valence-corrected chi connectivity index (χ0v) is 11.5. The van der Waals surface area contributed by atoms with E-state index in [2.05, 4.69) is 37.4 Å². The predicted octanol–water partition coefficient (Wildman–Crippen LogP) is 2.61. The summed E-state index contributed by atoms with van der Waals surface area (Å²) in [6.45, 7) is 7.83. The Labute approximate surface area is 105 Å². The Bertz CT molecular complexity index is 370. The molecular weight excluding hydrogens is 210 g/mol. The Balaban J connectivity index is 2.02. The van der Waals surface area contributed by atoms with Gasteiger partial charge in [0.25, 0.3) is 0 Å². The molecule has 1 N–H and O–H groups in total. The normalized spacial score (nSPS) is 28.1. The van der Waals surface area contributed by atoms with Crippen LogP contribution in [-0.4, -0.2) is 22.4 Å². The van der Waals surface area contributed by atoms with Gasteiger partial charge in [0, 0.05) is 19.3 Å². The third kappa shape index (κ3) is 2.39. The highest BCUT2D eigenvalue weighted by Gasteiger charge is 2.41. The van der Waals surface area contributed by atoms with Crippen LogP contribution in [0.4, 0.5) is 0 Å². The van der Waals surface area contributed by atoms with E-state index in [1.54, 1.807) is 0 Å². The Hall–Kier alpha value is -0.830. The fourth-order valence-corrected chi connectivity index (χ4v) is 3.18. The van der Waals surface area contributed by atoms with Crippen molar-refractivity contribution < 1.29 is 0 Å². The zero-order chi connectivity index (χ0) is 12.4. The molecule has 3 atom stereocenters. The smallest absolute Gasteiger partial charge is 0.0628 e.